The summed E-state index contributed by atoms with van der Waals surface area (Å²) in [6.07, 6.45) is -1.18. The van der Waals surface area contributed by atoms with Crippen LogP contribution in [0.15, 0.2) is 18.2 Å². The molecule has 1 fully saturated rings. The van der Waals surface area contributed by atoms with E-state index in [-0.39, 0.29) is 5.92 Å². The van der Waals surface area contributed by atoms with E-state index in [9.17, 15) is 19.2 Å². The number of imide groups is 1. The molecule has 1 heterocycles. The number of hydrogen-bond donors (Lipinski definition) is 4. The Morgan fingerprint density at radius 3 is 2.62 bits per heavy atom. The summed E-state index contributed by atoms with van der Waals surface area (Å²) in [7, 11) is 0. The van der Waals surface area contributed by atoms with Gasteiger partial charge in [0.25, 0.3) is 5.91 Å². The Morgan fingerprint density at radius 2 is 2.04 bits per heavy atom. The number of anilines is 1. The van der Waals surface area contributed by atoms with Gasteiger partial charge in [0, 0.05) is 17.7 Å². The maximum absolute atomic E-state index is 12.4. The summed E-state index contributed by atoms with van der Waals surface area (Å²) in [5, 5.41) is 15.9. The number of alkyl carbamates (subject to hydrolysis) is 1. The van der Waals surface area contributed by atoms with Crippen LogP contribution in [0.1, 0.15) is 31.4 Å². The number of aryl methyl sites for hydroxylation is 1. The first-order chi connectivity index (χ1) is 12.2. The SMILES string of the molecule is CC(C)[C@@H](NC(=O)O)C(=O)Nc1ccc2c(c1)CCC21OC(=O)NC1=O. The maximum atomic E-state index is 12.4. The number of fused-ring (bicyclic) bond motifs is 2. The summed E-state index contributed by atoms with van der Waals surface area (Å²) in [6.45, 7) is 3.47. The van der Waals surface area contributed by atoms with E-state index in [0.29, 0.717) is 24.1 Å². The minimum atomic E-state index is -1.29. The summed E-state index contributed by atoms with van der Waals surface area (Å²) in [5.41, 5.74) is 0.580. The number of rotatable bonds is 4. The van der Waals surface area contributed by atoms with Crippen molar-refractivity contribution in [3.8, 4) is 0 Å². The molecule has 9 nitrogen and oxygen atoms in total. The minimum Gasteiger partial charge on any atom is -0.465 e. The van der Waals surface area contributed by atoms with Crippen molar-refractivity contribution in [1.82, 2.24) is 10.6 Å². The van der Waals surface area contributed by atoms with Crippen molar-refractivity contribution in [3.05, 3.63) is 29.3 Å². The fourth-order valence-corrected chi connectivity index (χ4v) is 3.37. The van der Waals surface area contributed by atoms with Gasteiger partial charge in [0.1, 0.15) is 6.04 Å². The lowest BCUT2D eigenvalue weighted by Gasteiger charge is -2.21. The second-order valence-corrected chi connectivity index (χ2v) is 6.70. The van der Waals surface area contributed by atoms with E-state index in [4.69, 9.17) is 9.84 Å². The van der Waals surface area contributed by atoms with Crippen molar-refractivity contribution < 1.29 is 29.0 Å². The van der Waals surface area contributed by atoms with Gasteiger partial charge < -0.3 is 20.5 Å². The first-order valence-electron chi connectivity index (χ1n) is 8.21. The molecule has 0 bridgehead atoms. The molecule has 1 spiro atoms. The highest BCUT2D eigenvalue weighted by Gasteiger charge is 2.54. The minimum absolute atomic E-state index is 0.231. The standard InChI is InChI=1S/C17H19N3O6/c1-8(2)12(19-15(23)24)13(21)18-10-3-4-11-9(7-10)5-6-17(11)14(22)20-16(25)26-17/h3-4,7-8,12,19H,5-6H2,1-2H3,(H,18,21)(H,23,24)(H,20,22,25)/t12-,17?/m1/s1. The van der Waals surface area contributed by atoms with Gasteiger partial charge >= 0.3 is 12.2 Å². The lowest BCUT2D eigenvalue weighted by atomic mass is 9.95. The van der Waals surface area contributed by atoms with Gasteiger partial charge in [-0.25, -0.2) is 9.59 Å². The normalized spacial score (nSPS) is 22.0. The molecule has 4 N–H and O–H groups in total. The molecule has 3 rings (SSSR count). The predicted molar refractivity (Wildman–Crippen MR) is 89.5 cm³/mol. The van der Waals surface area contributed by atoms with E-state index in [1.54, 1.807) is 32.0 Å². The van der Waals surface area contributed by atoms with Crippen LogP contribution in [0, 0.1) is 5.92 Å². The van der Waals surface area contributed by atoms with E-state index in [1.165, 1.54) is 0 Å². The lowest BCUT2D eigenvalue weighted by molar-refractivity contribution is -0.132. The number of carbonyl (C=O) groups is 4. The highest BCUT2D eigenvalue weighted by Crippen LogP contribution is 2.43. The van der Waals surface area contributed by atoms with Gasteiger partial charge in [-0.05, 0) is 30.0 Å². The highest BCUT2D eigenvalue weighted by molar-refractivity contribution is 6.04. The number of nitrogens with one attached hydrogen (secondary N) is 3. The van der Waals surface area contributed by atoms with Crippen molar-refractivity contribution in [3.63, 3.8) is 0 Å². The average Bonchev–Trinajstić information content (AvgIpc) is 3.05. The van der Waals surface area contributed by atoms with Crippen LogP contribution in [0.25, 0.3) is 0 Å². The quantitative estimate of drug-likeness (QED) is 0.639. The Bertz CT molecular complexity index is 806. The molecule has 2 atom stereocenters. The zero-order valence-corrected chi connectivity index (χ0v) is 14.3. The van der Waals surface area contributed by atoms with E-state index >= 15 is 0 Å². The molecule has 0 aromatic heterocycles. The fraction of sp³-hybridized carbons (Fsp3) is 0.412. The summed E-state index contributed by atoms with van der Waals surface area (Å²) in [5.74, 6) is -1.19. The second kappa shape index (κ2) is 6.32. The van der Waals surface area contributed by atoms with Crippen LogP contribution >= 0.6 is 0 Å². The molecule has 0 radical (unpaired) electrons. The van der Waals surface area contributed by atoms with Crippen LogP contribution in [0.3, 0.4) is 0 Å². The van der Waals surface area contributed by atoms with Gasteiger partial charge in [-0.1, -0.05) is 19.9 Å². The van der Waals surface area contributed by atoms with Crippen LogP contribution in [0.5, 0.6) is 0 Å². The summed E-state index contributed by atoms with van der Waals surface area (Å²) < 4.78 is 5.22. The monoisotopic (exact) mass is 361 g/mol. The van der Waals surface area contributed by atoms with Crippen LogP contribution in [-0.2, 0) is 26.3 Å². The molecule has 1 aromatic rings. The van der Waals surface area contributed by atoms with Gasteiger partial charge in [-0.15, -0.1) is 0 Å². The van der Waals surface area contributed by atoms with Crippen molar-refractivity contribution in [2.24, 2.45) is 5.92 Å². The largest absolute Gasteiger partial charge is 0.465 e. The highest BCUT2D eigenvalue weighted by atomic mass is 16.6. The Hall–Kier alpha value is -3.10. The third-order valence-electron chi connectivity index (χ3n) is 4.63. The van der Waals surface area contributed by atoms with E-state index < -0.39 is 35.6 Å². The molecule has 1 unspecified atom stereocenters. The molecule has 138 valence electrons. The third kappa shape index (κ3) is 2.96. The second-order valence-electron chi connectivity index (χ2n) is 6.70. The maximum Gasteiger partial charge on any atom is 0.415 e. The molecule has 1 aliphatic carbocycles. The van der Waals surface area contributed by atoms with Crippen molar-refractivity contribution in [2.75, 3.05) is 5.32 Å². The van der Waals surface area contributed by atoms with Gasteiger partial charge in [0.05, 0.1) is 0 Å². The molecule has 2 aliphatic rings. The first-order valence-corrected chi connectivity index (χ1v) is 8.21. The molecule has 9 heteroatoms. The van der Waals surface area contributed by atoms with Crippen molar-refractivity contribution in [1.29, 1.82) is 0 Å². The third-order valence-corrected chi connectivity index (χ3v) is 4.63. The number of amides is 4. The zero-order valence-electron chi connectivity index (χ0n) is 14.3. The summed E-state index contributed by atoms with van der Waals surface area (Å²) in [4.78, 5) is 46.7. The first kappa shape index (κ1) is 17.7. The molecule has 1 saturated heterocycles. The van der Waals surface area contributed by atoms with Crippen LogP contribution in [-0.4, -0.2) is 35.1 Å². The van der Waals surface area contributed by atoms with Crippen LogP contribution < -0.4 is 16.0 Å². The Labute approximate surface area is 149 Å². The van der Waals surface area contributed by atoms with Crippen molar-refractivity contribution in [2.45, 2.75) is 38.3 Å². The van der Waals surface area contributed by atoms with E-state index in [1.807, 2.05) is 0 Å². The van der Waals surface area contributed by atoms with Gasteiger partial charge in [-0.2, -0.15) is 0 Å². The Morgan fingerprint density at radius 1 is 1.31 bits per heavy atom. The average molecular weight is 361 g/mol. The van der Waals surface area contributed by atoms with Crippen LogP contribution in [0.2, 0.25) is 0 Å². The Balaban J connectivity index is 1.80. The van der Waals surface area contributed by atoms with Crippen molar-refractivity contribution >= 4 is 29.7 Å². The molecule has 4 amide bonds. The topological polar surface area (TPSA) is 134 Å². The smallest absolute Gasteiger partial charge is 0.415 e. The molecular formula is C17H19N3O6. The fourth-order valence-electron chi connectivity index (χ4n) is 3.37. The summed E-state index contributed by atoms with van der Waals surface area (Å²) >= 11 is 0. The lowest BCUT2D eigenvalue weighted by Crippen LogP contribution is -2.46. The number of benzene rings is 1. The van der Waals surface area contributed by atoms with E-state index in [0.717, 1.165) is 5.56 Å². The predicted octanol–water partition coefficient (Wildman–Crippen LogP) is 1.33. The van der Waals surface area contributed by atoms with E-state index in [2.05, 4.69) is 16.0 Å². The molecular weight excluding hydrogens is 342 g/mol. The molecule has 1 aliphatic heterocycles. The summed E-state index contributed by atoms with van der Waals surface area (Å²) in [6, 6.07) is 4.06. The number of carbonyl (C=O) groups excluding carboxylic acids is 3. The molecule has 1 aromatic carbocycles. The number of hydrogen-bond acceptors (Lipinski definition) is 5. The van der Waals surface area contributed by atoms with Gasteiger partial charge in [-0.3, -0.25) is 14.9 Å². The molecule has 0 saturated carbocycles. The van der Waals surface area contributed by atoms with Gasteiger partial charge in [0.2, 0.25) is 11.5 Å². The number of carboxylic acid groups (broad SMARTS) is 1. The van der Waals surface area contributed by atoms with Gasteiger partial charge in [0.15, 0.2) is 0 Å². The zero-order chi connectivity index (χ0) is 19.1. The number of ether oxygens (including phenoxy) is 1. The Kier molecular flexibility index (Phi) is 4.31. The molecule has 26 heavy (non-hydrogen) atoms. The van der Waals surface area contributed by atoms with Crippen LogP contribution in [0.4, 0.5) is 15.3 Å².